The third-order valence-electron chi connectivity index (χ3n) is 3.72. The van der Waals surface area contributed by atoms with Gasteiger partial charge in [-0.2, -0.15) is 5.10 Å². The highest BCUT2D eigenvalue weighted by molar-refractivity contribution is 6.05. The number of amides is 1. The Kier molecular flexibility index (Phi) is 3.44. The van der Waals surface area contributed by atoms with Crippen molar-refractivity contribution in [3.63, 3.8) is 0 Å². The van der Waals surface area contributed by atoms with Crippen LogP contribution in [0, 0.1) is 6.92 Å². The van der Waals surface area contributed by atoms with Crippen molar-refractivity contribution in [2.75, 3.05) is 0 Å². The van der Waals surface area contributed by atoms with Crippen LogP contribution in [0.25, 0.3) is 10.9 Å². The van der Waals surface area contributed by atoms with Gasteiger partial charge in [-0.3, -0.25) is 9.89 Å². The van der Waals surface area contributed by atoms with Crippen molar-refractivity contribution in [2.45, 2.75) is 19.9 Å². The molecule has 2 N–H and O–H groups in total. The molecule has 0 aliphatic heterocycles. The predicted molar refractivity (Wildman–Crippen MR) is 83.2 cm³/mol. The van der Waals surface area contributed by atoms with E-state index < -0.39 is 0 Å². The zero-order valence-corrected chi connectivity index (χ0v) is 12.1. The van der Waals surface area contributed by atoms with Crippen molar-refractivity contribution in [1.82, 2.24) is 15.5 Å². The number of fused-ring (bicyclic) bond motifs is 1. The first-order valence-electron chi connectivity index (χ1n) is 6.95. The molecule has 106 valence electrons. The minimum absolute atomic E-state index is 0.0446. The minimum atomic E-state index is -0.0967. The van der Waals surface area contributed by atoms with Crippen LogP contribution in [0.4, 0.5) is 0 Å². The molecular formula is C17H17N3O. The van der Waals surface area contributed by atoms with Gasteiger partial charge in [0.05, 0.1) is 23.3 Å². The third kappa shape index (κ3) is 2.52. The maximum atomic E-state index is 12.5. The van der Waals surface area contributed by atoms with Gasteiger partial charge in [-0.15, -0.1) is 0 Å². The average Bonchev–Trinajstić information content (AvgIpc) is 2.95. The molecule has 1 unspecified atom stereocenters. The van der Waals surface area contributed by atoms with E-state index in [9.17, 15) is 4.79 Å². The Morgan fingerprint density at radius 1 is 1.19 bits per heavy atom. The van der Waals surface area contributed by atoms with Crippen LogP contribution in [0.15, 0.2) is 48.7 Å². The molecule has 4 heteroatoms. The normalized spacial score (nSPS) is 12.3. The molecule has 0 saturated heterocycles. The van der Waals surface area contributed by atoms with E-state index in [1.807, 2.05) is 50.2 Å². The summed E-state index contributed by atoms with van der Waals surface area (Å²) in [6.45, 7) is 4.04. The highest BCUT2D eigenvalue weighted by Gasteiger charge is 2.15. The maximum Gasteiger partial charge on any atom is 0.253 e. The summed E-state index contributed by atoms with van der Waals surface area (Å²) in [5, 5.41) is 10.9. The molecule has 0 spiro atoms. The van der Waals surface area contributed by atoms with Crippen LogP contribution in [0.2, 0.25) is 0 Å². The van der Waals surface area contributed by atoms with Crippen LogP contribution < -0.4 is 5.32 Å². The lowest BCUT2D eigenvalue weighted by Gasteiger charge is -2.16. The highest BCUT2D eigenvalue weighted by atomic mass is 16.1. The monoisotopic (exact) mass is 279 g/mol. The Bertz CT molecular complexity index is 791. The molecule has 2 aromatic carbocycles. The van der Waals surface area contributed by atoms with Crippen molar-refractivity contribution in [3.8, 4) is 0 Å². The Morgan fingerprint density at radius 3 is 2.81 bits per heavy atom. The van der Waals surface area contributed by atoms with Gasteiger partial charge in [0, 0.05) is 5.39 Å². The number of nitrogens with zero attached hydrogens (tertiary/aromatic N) is 1. The van der Waals surface area contributed by atoms with Gasteiger partial charge in [-0.25, -0.2) is 0 Å². The quantitative estimate of drug-likeness (QED) is 0.772. The van der Waals surface area contributed by atoms with Crippen LogP contribution in [0.1, 0.15) is 34.5 Å². The Hall–Kier alpha value is -2.62. The molecule has 0 saturated carbocycles. The summed E-state index contributed by atoms with van der Waals surface area (Å²) in [6, 6.07) is 13.6. The largest absolute Gasteiger partial charge is 0.345 e. The molecule has 1 aromatic heterocycles. The van der Waals surface area contributed by atoms with Gasteiger partial charge in [0.25, 0.3) is 5.91 Å². The summed E-state index contributed by atoms with van der Waals surface area (Å²) in [6.07, 6.45) is 1.72. The molecule has 4 nitrogen and oxygen atoms in total. The van der Waals surface area contributed by atoms with Gasteiger partial charge >= 0.3 is 0 Å². The zero-order valence-electron chi connectivity index (χ0n) is 12.1. The number of rotatable bonds is 3. The molecule has 21 heavy (non-hydrogen) atoms. The second-order valence-corrected chi connectivity index (χ2v) is 5.19. The van der Waals surface area contributed by atoms with E-state index in [1.165, 1.54) is 5.56 Å². The van der Waals surface area contributed by atoms with Crippen LogP contribution in [-0.4, -0.2) is 16.1 Å². The van der Waals surface area contributed by atoms with Crippen LogP contribution in [-0.2, 0) is 0 Å². The van der Waals surface area contributed by atoms with Crippen LogP contribution in [0.5, 0.6) is 0 Å². The first-order chi connectivity index (χ1) is 10.2. The fraction of sp³-hybridized carbons (Fsp3) is 0.176. The smallest absolute Gasteiger partial charge is 0.253 e. The molecule has 0 fully saturated rings. The summed E-state index contributed by atoms with van der Waals surface area (Å²) in [7, 11) is 0. The van der Waals surface area contributed by atoms with Crippen LogP contribution >= 0.6 is 0 Å². The molecule has 0 aliphatic rings. The van der Waals surface area contributed by atoms with E-state index >= 15 is 0 Å². The molecule has 0 bridgehead atoms. The van der Waals surface area contributed by atoms with Gasteiger partial charge < -0.3 is 5.32 Å². The lowest BCUT2D eigenvalue weighted by atomic mass is 10.0. The topological polar surface area (TPSA) is 57.8 Å². The van der Waals surface area contributed by atoms with E-state index in [-0.39, 0.29) is 11.9 Å². The molecular weight excluding hydrogens is 262 g/mol. The number of hydrogen-bond donors (Lipinski definition) is 2. The van der Waals surface area contributed by atoms with E-state index in [0.29, 0.717) is 5.56 Å². The van der Waals surface area contributed by atoms with E-state index in [4.69, 9.17) is 0 Å². The number of H-pyrrole nitrogens is 1. The minimum Gasteiger partial charge on any atom is -0.345 e. The number of benzene rings is 2. The Balaban J connectivity index is 1.87. The molecule has 1 amide bonds. The van der Waals surface area contributed by atoms with E-state index in [0.717, 1.165) is 16.5 Å². The molecule has 0 radical (unpaired) electrons. The van der Waals surface area contributed by atoms with Crippen molar-refractivity contribution in [2.24, 2.45) is 0 Å². The Labute approximate surface area is 123 Å². The second kappa shape index (κ2) is 5.40. The fourth-order valence-electron chi connectivity index (χ4n) is 2.58. The molecule has 3 aromatic rings. The zero-order chi connectivity index (χ0) is 14.8. The van der Waals surface area contributed by atoms with Gasteiger partial charge in [0.15, 0.2) is 0 Å². The van der Waals surface area contributed by atoms with Crippen molar-refractivity contribution >= 4 is 16.8 Å². The van der Waals surface area contributed by atoms with Gasteiger partial charge in [0.1, 0.15) is 0 Å². The number of carbonyl (C=O) groups excluding carboxylic acids is 1. The summed E-state index contributed by atoms with van der Waals surface area (Å²) in [5.41, 5.74) is 3.69. The van der Waals surface area contributed by atoms with E-state index in [1.54, 1.807) is 12.3 Å². The number of hydrogen-bond acceptors (Lipinski definition) is 2. The van der Waals surface area contributed by atoms with Crippen molar-refractivity contribution in [1.29, 1.82) is 0 Å². The summed E-state index contributed by atoms with van der Waals surface area (Å²) in [5.74, 6) is -0.0967. The average molecular weight is 279 g/mol. The molecule has 1 atom stereocenters. The third-order valence-corrected chi connectivity index (χ3v) is 3.72. The number of aromatic amines is 1. The van der Waals surface area contributed by atoms with E-state index in [2.05, 4.69) is 15.5 Å². The standard InChI is InChI=1S/C17H17N3O/c1-11-6-3-4-8-14(11)12(2)19-17(21)15-9-5-7-13-10-18-20-16(13)15/h3-10,12H,1-2H3,(H,18,20)(H,19,21). The lowest BCUT2D eigenvalue weighted by Crippen LogP contribution is -2.27. The number of aromatic nitrogens is 2. The molecule has 1 heterocycles. The van der Waals surface area contributed by atoms with Crippen molar-refractivity contribution in [3.05, 3.63) is 65.4 Å². The summed E-state index contributed by atoms with van der Waals surface area (Å²) in [4.78, 5) is 12.5. The SMILES string of the molecule is Cc1ccccc1C(C)NC(=O)c1cccc2cn[nH]c12. The molecule has 0 aliphatic carbocycles. The Morgan fingerprint density at radius 2 is 2.00 bits per heavy atom. The number of para-hydroxylation sites is 1. The summed E-state index contributed by atoms with van der Waals surface area (Å²) < 4.78 is 0. The number of nitrogens with one attached hydrogen (secondary N) is 2. The van der Waals surface area contributed by atoms with Crippen LogP contribution in [0.3, 0.4) is 0 Å². The maximum absolute atomic E-state index is 12.5. The molecule has 3 rings (SSSR count). The first-order valence-corrected chi connectivity index (χ1v) is 6.95. The predicted octanol–water partition coefficient (Wildman–Crippen LogP) is 3.36. The lowest BCUT2D eigenvalue weighted by molar-refractivity contribution is 0.0941. The van der Waals surface area contributed by atoms with Gasteiger partial charge in [-0.1, -0.05) is 36.4 Å². The highest BCUT2D eigenvalue weighted by Crippen LogP contribution is 2.19. The number of aryl methyl sites for hydroxylation is 1. The summed E-state index contributed by atoms with van der Waals surface area (Å²) >= 11 is 0. The number of carbonyl (C=O) groups is 1. The van der Waals surface area contributed by atoms with Crippen molar-refractivity contribution < 1.29 is 4.79 Å². The first kappa shape index (κ1) is 13.4. The fourth-order valence-corrected chi connectivity index (χ4v) is 2.58. The second-order valence-electron chi connectivity index (χ2n) is 5.19. The van der Waals surface area contributed by atoms with Gasteiger partial charge in [-0.05, 0) is 31.0 Å². The van der Waals surface area contributed by atoms with Gasteiger partial charge in [0.2, 0.25) is 0 Å².